The van der Waals surface area contributed by atoms with E-state index < -0.39 is 0 Å². The Morgan fingerprint density at radius 3 is 2.74 bits per heavy atom. The predicted octanol–water partition coefficient (Wildman–Crippen LogP) is 4.62. The standard InChI is InChI=1S/C19H25NO2S/c1-19(2)20-16(12-17(21)13-7-5-4-6-8-13)15-10-9-14(22-3)11-18(15)23-19/h9-13,20H,4-8H2,1-3H3/b16-12-. The number of allylic oxidation sites excluding steroid dienone is 1. The molecular formula is C19H25NO2S. The number of fused-ring (bicyclic) bond motifs is 1. The Hall–Kier alpha value is -1.42. The van der Waals surface area contributed by atoms with Crippen molar-refractivity contribution in [2.24, 2.45) is 5.92 Å². The zero-order valence-electron chi connectivity index (χ0n) is 14.1. The topological polar surface area (TPSA) is 38.3 Å². The van der Waals surface area contributed by atoms with Gasteiger partial charge in [0.15, 0.2) is 5.78 Å². The zero-order valence-corrected chi connectivity index (χ0v) is 15.0. The van der Waals surface area contributed by atoms with Crippen LogP contribution in [0.5, 0.6) is 5.75 Å². The van der Waals surface area contributed by atoms with E-state index in [0.717, 1.165) is 34.7 Å². The molecule has 0 aromatic heterocycles. The molecule has 1 aliphatic heterocycles. The first-order valence-electron chi connectivity index (χ1n) is 8.40. The maximum atomic E-state index is 12.7. The fourth-order valence-corrected chi connectivity index (χ4v) is 4.56. The van der Waals surface area contributed by atoms with Crippen LogP contribution in [0, 0.1) is 5.92 Å². The third kappa shape index (κ3) is 3.74. The summed E-state index contributed by atoms with van der Waals surface area (Å²) in [7, 11) is 1.68. The number of carbonyl (C=O) groups excluding carboxylic acids is 1. The van der Waals surface area contributed by atoms with Crippen LogP contribution in [0.1, 0.15) is 51.5 Å². The number of rotatable bonds is 3. The van der Waals surface area contributed by atoms with E-state index in [9.17, 15) is 4.79 Å². The Bertz CT molecular complexity index is 630. The molecule has 0 saturated heterocycles. The number of ketones is 1. The minimum absolute atomic E-state index is 0.141. The Balaban J connectivity index is 1.92. The Labute approximate surface area is 142 Å². The molecule has 1 heterocycles. The highest BCUT2D eigenvalue weighted by Crippen LogP contribution is 2.43. The van der Waals surface area contributed by atoms with Gasteiger partial charge in [-0.05, 0) is 44.9 Å². The quantitative estimate of drug-likeness (QED) is 0.820. The van der Waals surface area contributed by atoms with Crippen LogP contribution in [0.15, 0.2) is 29.2 Å². The van der Waals surface area contributed by atoms with Crippen LogP contribution in [-0.2, 0) is 4.79 Å². The van der Waals surface area contributed by atoms with Crippen molar-refractivity contribution in [1.82, 2.24) is 5.32 Å². The minimum Gasteiger partial charge on any atom is -0.497 e. The smallest absolute Gasteiger partial charge is 0.160 e. The Morgan fingerprint density at radius 1 is 1.30 bits per heavy atom. The molecule has 0 amide bonds. The number of thioether (sulfide) groups is 1. The van der Waals surface area contributed by atoms with Gasteiger partial charge in [0, 0.05) is 28.1 Å². The van der Waals surface area contributed by atoms with Gasteiger partial charge in [0.2, 0.25) is 0 Å². The first-order valence-corrected chi connectivity index (χ1v) is 9.21. The average Bonchev–Trinajstić information content (AvgIpc) is 2.54. The largest absolute Gasteiger partial charge is 0.497 e. The SMILES string of the molecule is COc1ccc2c(c1)SC(C)(C)N/C2=C\C(=O)C1CCCCC1. The van der Waals surface area contributed by atoms with E-state index in [1.165, 1.54) is 19.3 Å². The summed E-state index contributed by atoms with van der Waals surface area (Å²) in [5.41, 5.74) is 2.04. The second kappa shape index (κ2) is 6.60. The van der Waals surface area contributed by atoms with Crippen LogP contribution in [-0.4, -0.2) is 17.8 Å². The van der Waals surface area contributed by atoms with Gasteiger partial charge in [0.1, 0.15) is 5.75 Å². The summed E-state index contributed by atoms with van der Waals surface area (Å²) in [6.45, 7) is 4.28. The highest BCUT2D eigenvalue weighted by molar-refractivity contribution is 8.00. The van der Waals surface area contributed by atoms with Crippen LogP contribution < -0.4 is 10.1 Å². The van der Waals surface area contributed by atoms with E-state index in [0.29, 0.717) is 0 Å². The van der Waals surface area contributed by atoms with E-state index in [1.54, 1.807) is 18.9 Å². The van der Waals surface area contributed by atoms with Gasteiger partial charge in [-0.3, -0.25) is 4.79 Å². The lowest BCUT2D eigenvalue weighted by Crippen LogP contribution is -2.38. The molecule has 3 nitrogen and oxygen atoms in total. The van der Waals surface area contributed by atoms with Crippen LogP contribution in [0.4, 0.5) is 0 Å². The van der Waals surface area contributed by atoms with Crippen molar-refractivity contribution in [3.63, 3.8) is 0 Å². The molecule has 1 aromatic carbocycles. The van der Waals surface area contributed by atoms with E-state index in [4.69, 9.17) is 4.74 Å². The van der Waals surface area contributed by atoms with Crippen LogP contribution in [0.25, 0.3) is 5.70 Å². The number of methoxy groups -OCH3 is 1. The summed E-state index contributed by atoms with van der Waals surface area (Å²) < 4.78 is 5.34. The van der Waals surface area contributed by atoms with Crippen LogP contribution in [0.3, 0.4) is 0 Å². The Kier molecular flexibility index (Phi) is 4.72. The third-order valence-electron chi connectivity index (χ3n) is 4.57. The molecule has 0 unspecified atom stereocenters. The molecule has 1 saturated carbocycles. The molecule has 1 N–H and O–H groups in total. The van der Waals surface area contributed by atoms with Crippen molar-refractivity contribution in [1.29, 1.82) is 0 Å². The number of ether oxygens (including phenoxy) is 1. The number of hydrogen-bond donors (Lipinski definition) is 1. The first kappa shape index (κ1) is 16.4. The van der Waals surface area contributed by atoms with E-state index in [1.807, 2.05) is 18.2 Å². The van der Waals surface area contributed by atoms with Crippen LogP contribution in [0.2, 0.25) is 0 Å². The summed E-state index contributed by atoms with van der Waals surface area (Å²) in [4.78, 5) is 13.7. The lowest BCUT2D eigenvalue weighted by Gasteiger charge is -2.35. The summed E-state index contributed by atoms with van der Waals surface area (Å²) in [5.74, 6) is 1.33. The molecule has 0 spiro atoms. The molecule has 4 heteroatoms. The lowest BCUT2D eigenvalue weighted by molar-refractivity contribution is -0.119. The van der Waals surface area contributed by atoms with Gasteiger partial charge in [-0.2, -0.15) is 0 Å². The molecule has 23 heavy (non-hydrogen) atoms. The van der Waals surface area contributed by atoms with Crippen molar-refractivity contribution < 1.29 is 9.53 Å². The van der Waals surface area contributed by atoms with Gasteiger partial charge in [-0.15, -0.1) is 0 Å². The molecule has 2 aliphatic rings. The number of hydrogen-bond acceptors (Lipinski definition) is 4. The maximum Gasteiger partial charge on any atom is 0.160 e. The molecule has 1 aliphatic carbocycles. The van der Waals surface area contributed by atoms with Gasteiger partial charge in [-0.1, -0.05) is 31.0 Å². The molecule has 1 fully saturated rings. The van der Waals surface area contributed by atoms with Gasteiger partial charge in [-0.25, -0.2) is 0 Å². The van der Waals surface area contributed by atoms with Crippen molar-refractivity contribution in [2.45, 2.75) is 55.7 Å². The fraction of sp³-hybridized carbons (Fsp3) is 0.526. The molecule has 0 bridgehead atoms. The van der Waals surface area contributed by atoms with E-state index in [-0.39, 0.29) is 16.6 Å². The van der Waals surface area contributed by atoms with Gasteiger partial charge < -0.3 is 10.1 Å². The van der Waals surface area contributed by atoms with Crippen molar-refractivity contribution in [3.8, 4) is 5.75 Å². The predicted molar refractivity (Wildman–Crippen MR) is 95.6 cm³/mol. The Morgan fingerprint density at radius 2 is 2.04 bits per heavy atom. The second-order valence-corrected chi connectivity index (χ2v) is 8.56. The molecular weight excluding hydrogens is 306 g/mol. The summed E-state index contributed by atoms with van der Waals surface area (Å²) in [6.07, 6.45) is 7.55. The zero-order chi connectivity index (χ0) is 16.4. The molecule has 0 radical (unpaired) electrons. The minimum atomic E-state index is -0.141. The summed E-state index contributed by atoms with van der Waals surface area (Å²) in [6, 6.07) is 6.06. The molecule has 1 aromatic rings. The second-order valence-electron chi connectivity index (χ2n) is 6.89. The number of carbonyl (C=O) groups is 1. The van der Waals surface area contributed by atoms with Crippen molar-refractivity contribution in [2.75, 3.05) is 7.11 Å². The first-order chi connectivity index (χ1) is 11.0. The fourth-order valence-electron chi connectivity index (χ4n) is 3.39. The van der Waals surface area contributed by atoms with Gasteiger partial charge in [0.25, 0.3) is 0 Å². The summed E-state index contributed by atoms with van der Waals surface area (Å²) >= 11 is 1.77. The number of benzene rings is 1. The number of nitrogens with one attached hydrogen (secondary N) is 1. The van der Waals surface area contributed by atoms with Gasteiger partial charge >= 0.3 is 0 Å². The molecule has 0 atom stereocenters. The normalized spacial score (nSPS) is 22.3. The maximum absolute atomic E-state index is 12.7. The van der Waals surface area contributed by atoms with E-state index in [2.05, 4.69) is 25.2 Å². The third-order valence-corrected chi connectivity index (χ3v) is 5.74. The highest BCUT2D eigenvalue weighted by Gasteiger charge is 2.30. The van der Waals surface area contributed by atoms with E-state index >= 15 is 0 Å². The average molecular weight is 331 g/mol. The highest BCUT2D eigenvalue weighted by atomic mass is 32.2. The molecule has 124 valence electrons. The molecule has 3 rings (SSSR count). The van der Waals surface area contributed by atoms with Crippen molar-refractivity contribution in [3.05, 3.63) is 29.8 Å². The lowest BCUT2D eigenvalue weighted by atomic mass is 9.85. The van der Waals surface area contributed by atoms with Crippen molar-refractivity contribution >= 4 is 23.2 Å². The monoisotopic (exact) mass is 331 g/mol. The van der Waals surface area contributed by atoms with Gasteiger partial charge in [0.05, 0.1) is 12.0 Å². The summed E-state index contributed by atoms with van der Waals surface area (Å²) in [5, 5.41) is 3.52. The van der Waals surface area contributed by atoms with Crippen LogP contribution >= 0.6 is 11.8 Å².